The average Bonchev–Trinajstić information content (AvgIpc) is 2.60. The SMILES string of the molecule is CCC(C)NC(CO)c1sccc1C. The minimum absolute atomic E-state index is 0.102. The van der Waals surface area contributed by atoms with E-state index in [1.54, 1.807) is 11.3 Å². The zero-order chi connectivity index (χ0) is 10.6. The largest absolute Gasteiger partial charge is 0.394 e. The Morgan fingerprint density at radius 2 is 2.29 bits per heavy atom. The molecule has 0 saturated carbocycles. The summed E-state index contributed by atoms with van der Waals surface area (Å²) in [4.78, 5) is 1.26. The third-order valence-corrected chi connectivity index (χ3v) is 3.63. The molecular formula is C11H19NOS. The molecule has 0 saturated heterocycles. The van der Waals surface area contributed by atoms with E-state index in [1.807, 2.05) is 0 Å². The van der Waals surface area contributed by atoms with Gasteiger partial charge in [0.2, 0.25) is 0 Å². The molecule has 0 aromatic carbocycles. The molecule has 0 fully saturated rings. The lowest BCUT2D eigenvalue weighted by atomic mass is 10.1. The summed E-state index contributed by atoms with van der Waals surface area (Å²) in [6.07, 6.45) is 1.08. The van der Waals surface area contributed by atoms with Crippen molar-refractivity contribution in [2.45, 2.75) is 39.3 Å². The van der Waals surface area contributed by atoms with E-state index in [9.17, 15) is 5.11 Å². The van der Waals surface area contributed by atoms with Gasteiger partial charge >= 0.3 is 0 Å². The van der Waals surface area contributed by atoms with Crippen molar-refractivity contribution in [3.63, 3.8) is 0 Å². The smallest absolute Gasteiger partial charge is 0.0654 e. The van der Waals surface area contributed by atoms with E-state index in [0.29, 0.717) is 6.04 Å². The molecule has 2 N–H and O–H groups in total. The fourth-order valence-electron chi connectivity index (χ4n) is 1.41. The fraction of sp³-hybridized carbons (Fsp3) is 0.636. The van der Waals surface area contributed by atoms with E-state index >= 15 is 0 Å². The van der Waals surface area contributed by atoms with Gasteiger partial charge in [-0.1, -0.05) is 6.92 Å². The van der Waals surface area contributed by atoms with Crippen LogP contribution in [0.4, 0.5) is 0 Å². The van der Waals surface area contributed by atoms with Crippen LogP contribution in [0.1, 0.15) is 36.8 Å². The molecule has 0 bridgehead atoms. The van der Waals surface area contributed by atoms with E-state index in [-0.39, 0.29) is 12.6 Å². The van der Waals surface area contributed by atoms with Crippen LogP contribution >= 0.6 is 11.3 Å². The summed E-state index contributed by atoms with van der Waals surface area (Å²) in [6.45, 7) is 6.55. The molecule has 0 radical (unpaired) electrons. The van der Waals surface area contributed by atoms with E-state index in [0.717, 1.165) is 6.42 Å². The van der Waals surface area contributed by atoms with Crippen molar-refractivity contribution in [1.82, 2.24) is 5.32 Å². The van der Waals surface area contributed by atoms with Gasteiger partial charge in [-0.05, 0) is 37.3 Å². The second-order valence-corrected chi connectivity index (χ2v) is 4.63. The first kappa shape index (κ1) is 11.7. The zero-order valence-corrected chi connectivity index (χ0v) is 9.90. The number of hydrogen-bond acceptors (Lipinski definition) is 3. The van der Waals surface area contributed by atoms with Crippen molar-refractivity contribution in [2.24, 2.45) is 0 Å². The molecule has 2 nitrogen and oxygen atoms in total. The summed E-state index contributed by atoms with van der Waals surface area (Å²) < 4.78 is 0. The van der Waals surface area contributed by atoms with Crippen molar-refractivity contribution in [3.8, 4) is 0 Å². The second-order valence-electron chi connectivity index (χ2n) is 3.68. The molecule has 0 spiro atoms. The highest BCUT2D eigenvalue weighted by molar-refractivity contribution is 7.10. The Labute approximate surface area is 90.0 Å². The lowest BCUT2D eigenvalue weighted by molar-refractivity contribution is 0.235. The van der Waals surface area contributed by atoms with Crippen LogP contribution in [-0.4, -0.2) is 17.8 Å². The van der Waals surface area contributed by atoms with Gasteiger partial charge in [-0.2, -0.15) is 0 Å². The van der Waals surface area contributed by atoms with Gasteiger partial charge in [-0.15, -0.1) is 11.3 Å². The Morgan fingerprint density at radius 1 is 1.57 bits per heavy atom. The molecular weight excluding hydrogens is 194 g/mol. The number of nitrogens with one attached hydrogen (secondary N) is 1. The number of thiophene rings is 1. The molecule has 1 aromatic heterocycles. The normalized spacial score (nSPS) is 15.4. The van der Waals surface area contributed by atoms with Crippen molar-refractivity contribution in [1.29, 1.82) is 0 Å². The van der Waals surface area contributed by atoms with E-state index < -0.39 is 0 Å². The maximum Gasteiger partial charge on any atom is 0.0654 e. The highest BCUT2D eigenvalue weighted by Gasteiger charge is 2.15. The third-order valence-electron chi connectivity index (χ3n) is 2.50. The Balaban J connectivity index is 2.67. The Hall–Kier alpha value is -0.380. The molecule has 2 atom stereocenters. The van der Waals surface area contributed by atoms with Gasteiger partial charge < -0.3 is 10.4 Å². The standard InChI is InChI=1S/C11H19NOS/c1-4-9(3)12-10(7-13)11-8(2)5-6-14-11/h5-6,9-10,12-13H,4,7H2,1-3H3. The maximum absolute atomic E-state index is 9.31. The third kappa shape index (κ3) is 2.80. The second kappa shape index (κ2) is 5.49. The molecule has 80 valence electrons. The van der Waals surface area contributed by atoms with Crippen molar-refractivity contribution < 1.29 is 5.11 Å². The molecule has 1 heterocycles. The molecule has 0 aliphatic carbocycles. The molecule has 0 aliphatic rings. The quantitative estimate of drug-likeness (QED) is 0.787. The Morgan fingerprint density at radius 3 is 2.71 bits per heavy atom. The number of aliphatic hydroxyl groups is 1. The van der Waals surface area contributed by atoms with E-state index in [2.05, 4.69) is 37.5 Å². The van der Waals surface area contributed by atoms with Gasteiger partial charge in [-0.25, -0.2) is 0 Å². The highest BCUT2D eigenvalue weighted by Crippen LogP contribution is 2.24. The predicted octanol–water partition coefficient (Wildman–Crippen LogP) is 2.48. The molecule has 0 aliphatic heterocycles. The van der Waals surface area contributed by atoms with Crippen molar-refractivity contribution in [3.05, 3.63) is 21.9 Å². The first-order valence-corrected chi connectivity index (χ1v) is 5.97. The van der Waals surface area contributed by atoms with Crippen LogP contribution in [0.5, 0.6) is 0 Å². The first-order valence-electron chi connectivity index (χ1n) is 5.10. The van der Waals surface area contributed by atoms with Crippen LogP contribution < -0.4 is 5.32 Å². The van der Waals surface area contributed by atoms with Gasteiger partial charge in [0.05, 0.1) is 12.6 Å². The minimum atomic E-state index is 0.102. The van der Waals surface area contributed by atoms with E-state index in [4.69, 9.17) is 0 Å². The average molecular weight is 213 g/mol. The summed E-state index contributed by atoms with van der Waals surface area (Å²) in [6, 6.07) is 2.65. The summed E-state index contributed by atoms with van der Waals surface area (Å²) in [5, 5.41) is 14.8. The fourth-order valence-corrected chi connectivity index (χ4v) is 2.39. The first-order chi connectivity index (χ1) is 6.69. The minimum Gasteiger partial charge on any atom is -0.394 e. The van der Waals surface area contributed by atoms with Crippen LogP contribution in [0.25, 0.3) is 0 Å². The van der Waals surface area contributed by atoms with Crippen LogP contribution in [0.3, 0.4) is 0 Å². The summed E-state index contributed by atoms with van der Waals surface area (Å²) in [5.41, 5.74) is 1.27. The van der Waals surface area contributed by atoms with E-state index in [1.165, 1.54) is 10.4 Å². The summed E-state index contributed by atoms with van der Waals surface area (Å²) >= 11 is 1.71. The van der Waals surface area contributed by atoms with Crippen LogP contribution in [0, 0.1) is 6.92 Å². The van der Waals surface area contributed by atoms with Crippen LogP contribution in [-0.2, 0) is 0 Å². The van der Waals surface area contributed by atoms with Gasteiger partial charge in [0, 0.05) is 10.9 Å². The molecule has 0 amide bonds. The Bertz CT molecular complexity index is 272. The number of hydrogen-bond donors (Lipinski definition) is 2. The van der Waals surface area contributed by atoms with Crippen LogP contribution in [0.15, 0.2) is 11.4 Å². The number of rotatable bonds is 5. The maximum atomic E-state index is 9.31. The van der Waals surface area contributed by atoms with Crippen LogP contribution in [0.2, 0.25) is 0 Å². The molecule has 3 heteroatoms. The van der Waals surface area contributed by atoms with Gasteiger partial charge in [0.1, 0.15) is 0 Å². The molecule has 2 unspecified atom stereocenters. The lowest BCUT2D eigenvalue weighted by Gasteiger charge is -2.20. The lowest BCUT2D eigenvalue weighted by Crippen LogP contribution is -2.31. The molecule has 1 aromatic rings. The Kier molecular flexibility index (Phi) is 4.58. The monoisotopic (exact) mass is 213 g/mol. The highest BCUT2D eigenvalue weighted by atomic mass is 32.1. The number of aliphatic hydroxyl groups excluding tert-OH is 1. The molecule has 1 rings (SSSR count). The van der Waals surface area contributed by atoms with Gasteiger partial charge in [0.15, 0.2) is 0 Å². The summed E-state index contributed by atoms with van der Waals surface area (Å²) in [5.74, 6) is 0. The zero-order valence-electron chi connectivity index (χ0n) is 9.08. The van der Waals surface area contributed by atoms with Gasteiger partial charge in [0.25, 0.3) is 0 Å². The topological polar surface area (TPSA) is 32.3 Å². The molecule has 14 heavy (non-hydrogen) atoms. The van der Waals surface area contributed by atoms with Gasteiger partial charge in [-0.3, -0.25) is 0 Å². The number of aryl methyl sites for hydroxylation is 1. The predicted molar refractivity (Wildman–Crippen MR) is 61.8 cm³/mol. The van der Waals surface area contributed by atoms with Crippen molar-refractivity contribution in [2.75, 3.05) is 6.61 Å². The van der Waals surface area contributed by atoms with Crippen molar-refractivity contribution >= 4 is 11.3 Å². The summed E-state index contributed by atoms with van der Waals surface area (Å²) in [7, 11) is 0.